The predicted molar refractivity (Wildman–Crippen MR) is 132 cm³/mol. The minimum atomic E-state index is -1.16. The molecule has 36 heavy (non-hydrogen) atoms. The molecule has 5 rings (SSSR count). The number of amides is 3. The van der Waals surface area contributed by atoms with E-state index in [4.69, 9.17) is 0 Å². The lowest BCUT2D eigenvalue weighted by Crippen LogP contribution is -2.64. The molecule has 0 saturated heterocycles. The maximum atomic E-state index is 13.7. The van der Waals surface area contributed by atoms with Gasteiger partial charge in [0.1, 0.15) is 17.1 Å². The zero-order chi connectivity index (χ0) is 25.6. The smallest absolute Gasteiger partial charge is 0.276 e. The highest BCUT2D eigenvalue weighted by Gasteiger charge is 2.53. The van der Waals surface area contributed by atoms with Gasteiger partial charge in [-0.1, -0.05) is 29.8 Å². The van der Waals surface area contributed by atoms with E-state index in [-0.39, 0.29) is 48.2 Å². The maximum Gasteiger partial charge on any atom is 0.276 e. The van der Waals surface area contributed by atoms with Crippen LogP contribution in [-0.2, 0) is 17.9 Å². The molecule has 9 heteroatoms. The molecule has 0 unspecified atom stereocenters. The first kappa shape index (κ1) is 23.7. The van der Waals surface area contributed by atoms with E-state index in [1.54, 1.807) is 28.5 Å². The van der Waals surface area contributed by atoms with E-state index >= 15 is 0 Å². The molecule has 1 atom stereocenters. The first-order chi connectivity index (χ1) is 17.2. The van der Waals surface area contributed by atoms with Crippen molar-refractivity contribution in [3.8, 4) is 0 Å². The van der Waals surface area contributed by atoms with E-state index in [1.165, 1.54) is 18.5 Å². The molecule has 0 bridgehead atoms. The highest BCUT2D eigenvalue weighted by Crippen LogP contribution is 2.39. The first-order valence-electron chi connectivity index (χ1n) is 12.0. The van der Waals surface area contributed by atoms with Crippen LogP contribution in [0.3, 0.4) is 0 Å². The van der Waals surface area contributed by atoms with Gasteiger partial charge in [0, 0.05) is 18.3 Å². The molecule has 2 heterocycles. The largest absolute Gasteiger partial charge is 0.350 e. The Morgan fingerprint density at radius 1 is 1.14 bits per heavy atom. The van der Waals surface area contributed by atoms with Gasteiger partial charge in [-0.25, -0.2) is 9.37 Å². The van der Waals surface area contributed by atoms with Gasteiger partial charge < -0.3 is 20.1 Å². The van der Waals surface area contributed by atoms with Gasteiger partial charge in [-0.15, -0.1) is 0 Å². The maximum absolute atomic E-state index is 13.7. The Hall–Kier alpha value is -4.01. The molecule has 0 radical (unpaired) electrons. The number of nitrogens with zero attached hydrogens (tertiary/aromatic N) is 3. The van der Waals surface area contributed by atoms with Crippen molar-refractivity contribution in [3.05, 3.63) is 82.7 Å². The number of nitrogens with one attached hydrogen (secondary N) is 2. The summed E-state index contributed by atoms with van der Waals surface area (Å²) in [5.41, 5.74) is 2.46. The molecule has 3 amide bonds. The van der Waals surface area contributed by atoms with Crippen molar-refractivity contribution in [2.24, 2.45) is 0 Å². The fourth-order valence-corrected chi connectivity index (χ4v) is 4.83. The van der Waals surface area contributed by atoms with Gasteiger partial charge in [0.25, 0.3) is 11.8 Å². The van der Waals surface area contributed by atoms with E-state index in [2.05, 4.69) is 15.6 Å². The standard InChI is InChI=1S/C27H28FN5O3/c1-16-4-11-21(17(2)12-16)31-24(34)22-23-25(35)33(20-9-10-20)27(3,14-32(23)15-30-22)26(36)29-13-18-5-7-19(28)8-6-18/h4-8,11-12,15,20H,9-10,13-14H2,1-3H3,(H,29,36)(H,31,34)/t27-/m0/s1. The lowest BCUT2D eigenvalue weighted by molar-refractivity contribution is -0.133. The molecule has 0 spiro atoms. The normalized spacial score (nSPS) is 19.1. The molecule has 2 aliphatic rings. The van der Waals surface area contributed by atoms with Gasteiger partial charge >= 0.3 is 0 Å². The lowest BCUT2D eigenvalue weighted by Gasteiger charge is -2.44. The van der Waals surface area contributed by atoms with E-state index in [9.17, 15) is 18.8 Å². The van der Waals surface area contributed by atoms with Crippen molar-refractivity contribution in [1.29, 1.82) is 0 Å². The Bertz CT molecular complexity index is 1360. The summed E-state index contributed by atoms with van der Waals surface area (Å²) in [5.74, 6) is -1.51. The average Bonchev–Trinajstić information content (AvgIpc) is 3.57. The van der Waals surface area contributed by atoms with Crippen LogP contribution in [0.5, 0.6) is 0 Å². The van der Waals surface area contributed by atoms with Crippen LogP contribution in [0.1, 0.15) is 57.4 Å². The zero-order valence-corrected chi connectivity index (χ0v) is 20.5. The number of imidazole rings is 1. The van der Waals surface area contributed by atoms with Crippen molar-refractivity contribution >= 4 is 23.4 Å². The van der Waals surface area contributed by atoms with E-state index in [1.807, 2.05) is 32.0 Å². The minimum absolute atomic E-state index is 0.0411. The van der Waals surface area contributed by atoms with Crippen molar-refractivity contribution in [2.45, 2.75) is 58.3 Å². The molecule has 2 N–H and O–H groups in total. The number of carbonyl (C=O) groups excluding carboxylic acids is 3. The SMILES string of the molecule is Cc1ccc(NC(=O)c2ncn3c2C(=O)N(C2CC2)[C@](C)(C(=O)NCc2ccc(F)cc2)C3)c(C)c1. The van der Waals surface area contributed by atoms with E-state index in [0.29, 0.717) is 5.69 Å². The van der Waals surface area contributed by atoms with E-state index < -0.39 is 11.4 Å². The second kappa shape index (κ2) is 8.89. The summed E-state index contributed by atoms with van der Waals surface area (Å²) < 4.78 is 14.8. The Morgan fingerprint density at radius 2 is 1.86 bits per heavy atom. The van der Waals surface area contributed by atoms with Crippen LogP contribution in [0.15, 0.2) is 48.8 Å². The second-order valence-electron chi connectivity index (χ2n) is 9.83. The third-order valence-electron chi connectivity index (χ3n) is 6.88. The van der Waals surface area contributed by atoms with Crippen LogP contribution in [0.2, 0.25) is 0 Å². The van der Waals surface area contributed by atoms with Crippen LogP contribution in [0.4, 0.5) is 10.1 Å². The van der Waals surface area contributed by atoms with Crippen LogP contribution in [0, 0.1) is 19.7 Å². The Balaban J connectivity index is 1.40. The second-order valence-corrected chi connectivity index (χ2v) is 9.83. The van der Waals surface area contributed by atoms with Crippen LogP contribution < -0.4 is 10.6 Å². The zero-order valence-electron chi connectivity index (χ0n) is 20.5. The number of benzene rings is 2. The summed E-state index contributed by atoms with van der Waals surface area (Å²) >= 11 is 0. The van der Waals surface area contributed by atoms with Crippen molar-refractivity contribution in [3.63, 3.8) is 0 Å². The van der Waals surface area contributed by atoms with Gasteiger partial charge in [0.05, 0.1) is 12.9 Å². The molecular weight excluding hydrogens is 461 g/mol. The monoisotopic (exact) mass is 489 g/mol. The quantitative estimate of drug-likeness (QED) is 0.553. The molecule has 1 aliphatic heterocycles. The number of halogens is 1. The third kappa shape index (κ3) is 4.25. The fraction of sp³-hybridized carbons (Fsp3) is 0.333. The van der Waals surface area contributed by atoms with E-state index in [0.717, 1.165) is 29.5 Å². The summed E-state index contributed by atoms with van der Waals surface area (Å²) in [4.78, 5) is 46.2. The third-order valence-corrected chi connectivity index (χ3v) is 6.88. The number of hydrogen-bond donors (Lipinski definition) is 2. The van der Waals surface area contributed by atoms with Gasteiger partial charge in [0.2, 0.25) is 5.91 Å². The highest BCUT2D eigenvalue weighted by molar-refractivity contribution is 6.12. The number of aryl methyl sites for hydroxylation is 2. The average molecular weight is 490 g/mol. The minimum Gasteiger partial charge on any atom is -0.350 e. The molecule has 3 aromatic rings. The summed E-state index contributed by atoms with van der Waals surface area (Å²) in [6, 6.07) is 11.5. The Labute approximate surface area is 208 Å². The summed E-state index contributed by atoms with van der Waals surface area (Å²) in [6.45, 7) is 6.00. The molecule has 186 valence electrons. The molecule has 2 aromatic carbocycles. The summed E-state index contributed by atoms with van der Waals surface area (Å²) in [7, 11) is 0. The van der Waals surface area contributed by atoms with Gasteiger partial charge in [-0.3, -0.25) is 14.4 Å². The van der Waals surface area contributed by atoms with Crippen LogP contribution in [0.25, 0.3) is 0 Å². The van der Waals surface area contributed by atoms with Crippen LogP contribution >= 0.6 is 0 Å². The first-order valence-corrected chi connectivity index (χ1v) is 12.0. The topological polar surface area (TPSA) is 96.3 Å². The van der Waals surface area contributed by atoms with Crippen molar-refractivity contribution in [1.82, 2.24) is 19.8 Å². The molecule has 8 nitrogen and oxygen atoms in total. The number of fused-ring (bicyclic) bond motifs is 1. The highest BCUT2D eigenvalue weighted by atomic mass is 19.1. The summed E-state index contributed by atoms with van der Waals surface area (Å²) in [6.07, 6.45) is 3.04. The van der Waals surface area contributed by atoms with Gasteiger partial charge in [-0.05, 0) is 62.9 Å². The van der Waals surface area contributed by atoms with Gasteiger partial charge in [0.15, 0.2) is 5.69 Å². The Kier molecular flexibility index (Phi) is 5.86. The fourth-order valence-electron chi connectivity index (χ4n) is 4.83. The van der Waals surface area contributed by atoms with Crippen molar-refractivity contribution < 1.29 is 18.8 Å². The molecule has 1 fully saturated rings. The Morgan fingerprint density at radius 3 is 2.53 bits per heavy atom. The molecule has 1 aliphatic carbocycles. The molecule has 1 aromatic heterocycles. The predicted octanol–water partition coefficient (Wildman–Crippen LogP) is 3.58. The molecular formula is C27H28FN5O3. The number of anilines is 1. The number of aromatic nitrogens is 2. The van der Waals surface area contributed by atoms with Gasteiger partial charge in [-0.2, -0.15) is 0 Å². The van der Waals surface area contributed by atoms with Crippen molar-refractivity contribution in [2.75, 3.05) is 5.32 Å². The molecule has 1 saturated carbocycles. The number of rotatable bonds is 6. The lowest BCUT2D eigenvalue weighted by atomic mass is 9.93. The summed E-state index contributed by atoms with van der Waals surface area (Å²) in [5, 5.41) is 5.76. The number of hydrogen-bond acceptors (Lipinski definition) is 4. The number of carbonyl (C=O) groups is 3. The van der Waals surface area contributed by atoms with Crippen LogP contribution in [-0.4, -0.2) is 43.8 Å².